The molecule has 16 heavy (non-hydrogen) atoms. The number of aromatic amines is 1. The molecular weight excluding hydrogens is 220 g/mol. The molecule has 1 heterocycles. The van der Waals surface area contributed by atoms with Gasteiger partial charge in [-0.1, -0.05) is 24.3 Å². The summed E-state index contributed by atoms with van der Waals surface area (Å²) in [6.45, 7) is 2.86. The van der Waals surface area contributed by atoms with Crippen LogP contribution in [0.15, 0.2) is 24.3 Å². The molecule has 1 aromatic carbocycles. The van der Waals surface area contributed by atoms with Gasteiger partial charge in [0.05, 0.1) is 0 Å². The zero-order valence-corrected chi connectivity index (χ0v) is 9.92. The molecule has 84 valence electrons. The van der Waals surface area contributed by atoms with Crippen LogP contribution in [-0.2, 0) is 13.0 Å². The van der Waals surface area contributed by atoms with Gasteiger partial charge in [0.25, 0.3) is 0 Å². The Hall–Kier alpha value is -1.62. The van der Waals surface area contributed by atoms with Gasteiger partial charge in [0.1, 0.15) is 0 Å². The van der Waals surface area contributed by atoms with Gasteiger partial charge < -0.3 is 5.73 Å². The van der Waals surface area contributed by atoms with Crippen LogP contribution in [0.4, 0.5) is 5.95 Å². The molecule has 0 fully saturated rings. The van der Waals surface area contributed by atoms with Crippen molar-refractivity contribution in [3.63, 3.8) is 0 Å². The van der Waals surface area contributed by atoms with Gasteiger partial charge in [-0.15, -0.1) is 5.10 Å². The molecule has 2 aromatic rings. The van der Waals surface area contributed by atoms with E-state index in [0.29, 0.717) is 10.7 Å². The van der Waals surface area contributed by atoms with Crippen molar-refractivity contribution >= 4 is 18.2 Å². The van der Waals surface area contributed by atoms with E-state index < -0.39 is 0 Å². The molecule has 1 aromatic heterocycles. The van der Waals surface area contributed by atoms with Crippen LogP contribution in [-0.4, -0.2) is 14.8 Å². The highest BCUT2D eigenvalue weighted by atomic mass is 32.1. The molecule has 3 N–H and O–H groups in total. The molecule has 0 aliphatic carbocycles. The first-order valence-corrected chi connectivity index (χ1v) is 5.54. The summed E-state index contributed by atoms with van der Waals surface area (Å²) in [5.74, 6) is 0.443. The van der Waals surface area contributed by atoms with Crippen molar-refractivity contribution in [1.29, 1.82) is 0 Å². The Balaban J connectivity index is 2.14. The van der Waals surface area contributed by atoms with Crippen molar-refractivity contribution in [1.82, 2.24) is 14.8 Å². The second kappa shape index (κ2) is 4.49. The Kier molecular flexibility index (Phi) is 3.05. The number of nitrogens with one attached hydrogen (secondary N) is 1. The highest BCUT2D eigenvalue weighted by Crippen LogP contribution is 2.10. The largest absolute Gasteiger partial charge is 0.368 e. The maximum Gasteiger partial charge on any atom is 0.220 e. The summed E-state index contributed by atoms with van der Waals surface area (Å²) in [7, 11) is 0. The number of H-pyrrole nitrogens is 1. The van der Waals surface area contributed by atoms with Gasteiger partial charge in [0.2, 0.25) is 5.95 Å². The number of aromatic nitrogens is 3. The van der Waals surface area contributed by atoms with Crippen LogP contribution >= 0.6 is 12.2 Å². The molecule has 0 saturated carbocycles. The minimum absolute atomic E-state index is 0.443. The smallest absolute Gasteiger partial charge is 0.220 e. The highest BCUT2D eigenvalue weighted by Gasteiger charge is 2.03. The van der Waals surface area contributed by atoms with Crippen molar-refractivity contribution in [2.45, 2.75) is 19.9 Å². The number of benzene rings is 1. The predicted molar refractivity (Wildman–Crippen MR) is 66.7 cm³/mol. The SMILES string of the molecule is Cc1ccccc1CCn1c(N)n[nH]c1=S. The number of nitrogens with two attached hydrogens (primary N) is 1. The quantitative estimate of drug-likeness (QED) is 0.799. The maximum absolute atomic E-state index is 5.70. The lowest BCUT2D eigenvalue weighted by atomic mass is 10.1. The van der Waals surface area contributed by atoms with Crippen molar-refractivity contribution in [3.8, 4) is 0 Å². The zero-order chi connectivity index (χ0) is 11.5. The van der Waals surface area contributed by atoms with Crippen LogP contribution < -0.4 is 5.73 Å². The van der Waals surface area contributed by atoms with Crippen molar-refractivity contribution in [2.75, 3.05) is 5.73 Å². The molecule has 0 bridgehead atoms. The Morgan fingerprint density at radius 1 is 1.44 bits per heavy atom. The lowest BCUT2D eigenvalue weighted by Crippen LogP contribution is -2.06. The Morgan fingerprint density at radius 3 is 2.81 bits per heavy atom. The minimum Gasteiger partial charge on any atom is -0.368 e. The van der Waals surface area contributed by atoms with Crippen LogP contribution in [0.1, 0.15) is 11.1 Å². The molecule has 0 aliphatic heterocycles. The zero-order valence-electron chi connectivity index (χ0n) is 9.10. The number of hydrogen-bond donors (Lipinski definition) is 2. The number of nitrogen functional groups attached to an aromatic ring is 1. The Morgan fingerprint density at radius 2 is 2.19 bits per heavy atom. The summed E-state index contributed by atoms with van der Waals surface area (Å²) in [6, 6.07) is 8.31. The average molecular weight is 234 g/mol. The molecular formula is C11H14N4S. The van der Waals surface area contributed by atoms with Gasteiger partial charge in [0.15, 0.2) is 4.77 Å². The van der Waals surface area contributed by atoms with E-state index in [9.17, 15) is 0 Å². The van der Waals surface area contributed by atoms with E-state index in [1.807, 2.05) is 16.7 Å². The van der Waals surface area contributed by atoms with Crippen LogP contribution in [0, 0.1) is 11.7 Å². The molecule has 0 amide bonds. The maximum atomic E-state index is 5.70. The molecule has 5 heteroatoms. The fourth-order valence-corrected chi connectivity index (χ4v) is 1.90. The first kappa shape index (κ1) is 10.9. The fourth-order valence-electron chi connectivity index (χ4n) is 1.67. The third-order valence-electron chi connectivity index (χ3n) is 2.65. The molecule has 0 aliphatic rings. The third-order valence-corrected chi connectivity index (χ3v) is 2.97. The predicted octanol–water partition coefficient (Wildman–Crippen LogP) is 2.07. The van der Waals surface area contributed by atoms with E-state index in [0.717, 1.165) is 13.0 Å². The lowest BCUT2D eigenvalue weighted by Gasteiger charge is -2.06. The van der Waals surface area contributed by atoms with Gasteiger partial charge in [-0.3, -0.25) is 4.57 Å². The third kappa shape index (κ3) is 2.14. The molecule has 0 unspecified atom stereocenters. The second-order valence-electron chi connectivity index (χ2n) is 3.72. The molecule has 0 spiro atoms. The first-order valence-electron chi connectivity index (χ1n) is 5.13. The number of anilines is 1. The Labute approximate surface area is 99.1 Å². The van der Waals surface area contributed by atoms with E-state index in [2.05, 4.69) is 29.3 Å². The van der Waals surface area contributed by atoms with Gasteiger partial charge >= 0.3 is 0 Å². The van der Waals surface area contributed by atoms with Crippen LogP contribution in [0.5, 0.6) is 0 Å². The summed E-state index contributed by atoms with van der Waals surface area (Å²) >= 11 is 5.09. The second-order valence-corrected chi connectivity index (χ2v) is 4.10. The monoisotopic (exact) mass is 234 g/mol. The van der Waals surface area contributed by atoms with Gasteiger partial charge in [-0.25, -0.2) is 5.10 Å². The summed E-state index contributed by atoms with van der Waals surface area (Å²) in [4.78, 5) is 0. The topological polar surface area (TPSA) is 59.6 Å². The van der Waals surface area contributed by atoms with Crippen LogP contribution in [0.2, 0.25) is 0 Å². The average Bonchev–Trinajstić information content (AvgIpc) is 2.58. The first-order chi connectivity index (χ1) is 7.68. The van der Waals surface area contributed by atoms with E-state index in [1.165, 1.54) is 11.1 Å². The summed E-state index contributed by atoms with van der Waals surface area (Å²) in [6.07, 6.45) is 0.907. The number of aryl methyl sites for hydroxylation is 2. The van der Waals surface area contributed by atoms with Gasteiger partial charge in [-0.05, 0) is 36.7 Å². The normalized spacial score (nSPS) is 10.6. The number of hydrogen-bond acceptors (Lipinski definition) is 3. The van der Waals surface area contributed by atoms with Crippen molar-refractivity contribution < 1.29 is 0 Å². The molecule has 0 atom stereocenters. The summed E-state index contributed by atoms with van der Waals surface area (Å²) in [5, 5.41) is 6.55. The van der Waals surface area contributed by atoms with Crippen LogP contribution in [0.3, 0.4) is 0 Å². The molecule has 4 nitrogen and oxygen atoms in total. The Bertz CT molecular complexity index is 541. The fraction of sp³-hybridized carbons (Fsp3) is 0.273. The lowest BCUT2D eigenvalue weighted by molar-refractivity contribution is 0.692. The summed E-state index contributed by atoms with van der Waals surface area (Å²) in [5.41, 5.74) is 8.30. The van der Waals surface area contributed by atoms with Gasteiger partial charge in [-0.2, -0.15) is 0 Å². The highest BCUT2D eigenvalue weighted by molar-refractivity contribution is 7.71. The van der Waals surface area contributed by atoms with Crippen molar-refractivity contribution in [3.05, 3.63) is 40.2 Å². The molecule has 0 saturated heterocycles. The van der Waals surface area contributed by atoms with E-state index in [-0.39, 0.29) is 0 Å². The number of rotatable bonds is 3. The molecule has 0 radical (unpaired) electrons. The molecule has 2 rings (SSSR count). The standard InChI is InChI=1S/C11H14N4S/c1-8-4-2-3-5-9(8)6-7-15-10(12)13-14-11(15)16/h2-5H,6-7H2,1H3,(H2,12,13)(H,14,16). The minimum atomic E-state index is 0.443. The van der Waals surface area contributed by atoms with Crippen molar-refractivity contribution in [2.24, 2.45) is 0 Å². The van der Waals surface area contributed by atoms with Crippen LogP contribution in [0.25, 0.3) is 0 Å². The van der Waals surface area contributed by atoms with E-state index in [4.69, 9.17) is 18.0 Å². The summed E-state index contributed by atoms with van der Waals surface area (Å²) < 4.78 is 2.38. The van der Waals surface area contributed by atoms with E-state index in [1.54, 1.807) is 0 Å². The van der Waals surface area contributed by atoms with E-state index >= 15 is 0 Å². The van der Waals surface area contributed by atoms with Gasteiger partial charge in [0, 0.05) is 6.54 Å². The number of nitrogens with zero attached hydrogens (tertiary/aromatic N) is 2.